The molecule has 0 bridgehead atoms. The highest BCUT2D eigenvalue weighted by atomic mass is 16.5. The largest absolute Gasteiger partial charge is 0.466 e. The van der Waals surface area contributed by atoms with E-state index in [9.17, 15) is 4.79 Å². The first-order valence-corrected chi connectivity index (χ1v) is 7.78. The second-order valence-electron chi connectivity index (χ2n) is 5.92. The highest BCUT2D eigenvalue weighted by Gasteiger charge is 2.27. The summed E-state index contributed by atoms with van der Waals surface area (Å²) in [5.74, 6) is 1.96. The van der Waals surface area contributed by atoms with Crippen LogP contribution in [0.15, 0.2) is 6.07 Å². The van der Waals surface area contributed by atoms with Gasteiger partial charge in [0.2, 0.25) is 0 Å². The molecule has 2 heterocycles. The summed E-state index contributed by atoms with van der Waals surface area (Å²) in [5, 5.41) is 0. The third-order valence-corrected chi connectivity index (χ3v) is 3.74. The molecule has 1 unspecified atom stereocenters. The molecule has 21 heavy (non-hydrogen) atoms. The van der Waals surface area contributed by atoms with E-state index in [0.29, 0.717) is 19.1 Å². The Morgan fingerprint density at radius 3 is 2.90 bits per heavy atom. The van der Waals surface area contributed by atoms with Gasteiger partial charge in [0.1, 0.15) is 11.6 Å². The Labute approximate surface area is 126 Å². The number of aryl methyl sites for hydroxylation is 1. The molecular formula is C16H25N3O2. The summed E-state index contributed by atoms with van der Waals surface area (Å²) in [5.41, 5.74) is 0.974. The van der Waals surface area contributed by atoms with Crippen LogP contribution < -0.4 is 4.90 Å². The van der Waals surface area contributed by atoms with E-state index >= 15 is 0 Å². The molecule has 5 heteroatoms. The van der Waals surface area contributed by atoms with Crippen LogP contribution in [0.25, 0.3) is 0 Å². The van der Waals surface area contributed by atoms with Crippen molar-refractivity contribution >= 4 is 11.8 Å². The number of hydrogen-bond donors (Lipinski definition) is 0. The third-order valence-electron chi connectivity index (χ3n) is 3.74. The molecule has 1 fully saturated rings. The fourth-order valence-corrected chi connectivity index (χ4v) is 2.63. The third kappa shape index (κ3) is 3.93. The van der Waals surface area contributed by atoms with E-state index in [2.05, 4.69) is 28.7 Å². The van der Waals surface area contributed by atoms with Gasteiger partial charge >= 0.3 is 5.97 Å². The van der Waals surface area contributed by atoms with Gasteiger partial charge in [0, 0.05) is 30.8 Å². The van der Waals surface area contributed by atoms with Gasteiger partial charge in [0.25, 0.3) is 0 Å². The number of hydrogen-bond acceptors (Lipinski definition) is 5. The van der Waals surface area contributed by atoms with Crippen molar-refractivity contribution in [3.05, 3.63) is 17.6 Å². The van der Waals surface area contributed by atoms with E-state index in [0.717, 1.165) is 36.7 Å². The maximum absolute atomic E-state index is 11.9. The SMILES string of the molecule is CCOC(=O)C1CCCN(c2cc(C)nc(C(C)C)n2)C1. The molecule has 0 amide bonds. The summed E-state index contributed by atoms with van der Waals surface area (Å²) < 4.78 is 5.15. The molecular weight excluding hydrogens is 266 g/mol. The minimum atomic E-state index is -0.0861. The lowest BCUT2D eigenvalue weighted by Gasteiger charge is -2.32. The normalized spacial score (nSPS) is 18.9. The topological polar surface area (TPSA) is 55.3 Å². The van der Waals surface area contributed by atoms with Crippen LogP contribution in [0.1, 0.15) is 51.0 Å². The average Bonchev–Trinajstić information content (AvgIpc) is 2.47. The van der Waals surface area contributed by atoms with Crippen LogP contribution in [0, 0.1) is 12.8 Å². The standard InChI is InChI=1S/C16H25N3O2/c1-5-21-16(20)13-7-6-8-19(10-13)14-9-12(4)17-15(18-14)11(2)3/h9,11,13H,5-8,10H2,1-4H3. The van der Waals surface area contributed by atoms with Gasteiger partial charge in [0.05, 0.1) is 12.5 Å². The van der Waals surface area contributed by atoms with Gasteiger partial charge in [-0.2, -0.15) is 0 Å². The lowest BCUT2D eigenvalue weighted by atomic mass is 9.98. The molecule has 0 N–H and O–H groups in total. The lowest BCUT2D eigenvalue weighted by Crippen LogP contribution is -2.40. The van der Waals surface area contributed by atoms with E-state index in [1.807, 2.05) is 19.9 Å². The minimum Gasteiger partial charge on any atom is -0.466 e. The number of carbonyl (C=O) groups excluding carboxylic acids is 1. The maximum atomic E-state index is 11.9. The molecule has 0 radical (unpaired) electrons. The molecule has 116 valence electrons. The zero-order valence-electron chi connectivity index (χ0n) is 13.4. The van der Waals surface area contributed by atoms with E-state index < -0.39 is 0 Å². The van der Waals surface area contributed by atoms with Crippen LogP contribution >= 0.6 is 0 Å². The summed E-state index contributed by atoms with van der Waals surface area (Å²) >= 11 is 0. The Morgan fingerprint density at radius 2 is 2.24 bits per heavy atom. The molecule has 5 nitrogen and oxygen atoms in total. The van der Waals surface area contributed by atoms with Gasteiger partial charge in [-0.25, -0.2) is 9.97 Å². The van der Waals surface area contributed by atoms with Crippen LogP contribution in [0.2, 0.25) is 0 Å². The van der Waals surface area contributed by atoms with Crippen LogP contribution in [0.3, 0.4) is 0 Å². The number of anilines is 1. The minimum absolute atomic E-state index is 0.0449. The molecule has 1 saturated heterocycles. The van der Waals surface area contributed by atoms with Crippen molar-refractivity contribution in [2.24, 2.45) is 5.92 Å². The molecule has 1 atom stereocenters. The first-order valence-electron chi connectivity index (χ1n) is 7.78. The highest BCUT2D eigenvalue weighted by Crippen LogP contribution is 2.24. The Balaban J connectivity index is 2.16. The highest BCUT2D eigenvalue weighted by molar-refractivity contribution is 5.73. The predicted octanol–water partition coefficient (Wildman–Crippen LogP) is 2.69. The quantitative estimate of drug-likeness (QED) is 0.798. The van der Waals surface area contributed by atoms with Crippen LogP contribution in [0.5, 0.6) is 0 Å². The Morgan fingerprint density at radius 1 is 1.48 bits per heavy atom. The second kappa shape index (κ2) is 6.87. The van der Waals surface area contributed by atoms with Gasteiger partial charge in [-0.3, -0.25) is 4.79 Å². The fraction of sp³-hybridized carbons (Fsp3) is 0.688. The van der Waals surface area contributed by atoms with E-state index in [4.69, 9.17) is 4.74 Å². The molecule has 1 aliphatic rings. The number of ether oxygens (including phenoxy) is 1. The Kier molecular flexibility index (Phi) is 5.15. The summed E-state index contributed by atoms with van der Waals surface area (Å²) in [6, 6.07) is 2.00. The molecule has 0 aliphatic carbocycles. The number of piperidine rings is 1. The van der Waals surface area contributed by atoms with Crippen molar-refractivity contribution in [1.82, 2.24) is 9.97 Å². The molecule has 0 aromatic carbocycles. The maximum Gasteiger partial charge on any atom is 0.310 e. The first-order chi connectivity index (χ1) is 10.0. The van der Waals surface area contributed by atoms with Gasteiger partial charge in [-0.05, 0) is 26.7 Å². The van der Waals surface area contributed by atoms with Crippen molar-refractivity contribution in [3.8, 4) is 0 Å². The number of carbonyl (C=O) groups is 1. The van der Waals surface area contributed by atoms with Gasteiger partial charge in [-0.15, -0.1) is 0 Å². The van der Waals surface area contributed by atoms with E-state index in [1.54, 1.807) is 0 Å². The zero-order valence-corrected chi connectivity index (χ0v) is 13.4. The van der Waals surface area contributed by atoms with Crippen LogP contribution in [-0.2, 0) is 9.53 Å². The first kappa shape index (κ1) is 15.7. The smallest absolute Gasteiger partial charge is 0.310 e. The lowest BCUT2D eigenvalue weighted by molar-refractivity contribution is -0.148. The molecule has 1 aliphatic heterocycles. The molecule has 0 spiro atoms. The van der Waals surface area contributed by atoms with Crippen LogP contribution in [-0.4, -0.2) is 35.6 Å². The monoisotopic (exact) mass is 291 g/mol. The van der Waals surface area contributed by atoms with E-state index in [1.165, 1.54) is 0 Å². The summed E-state index contributed by atoms with van der Waals surface area (Å²) in [7, 11) is 0. The zero-order chi connectivity index (χ0) is 15.4. The van der Waals surface area contributed by atoms with Gasteiger partial charge in [0.15, 0.2) is 0 Å². The summed E-state index contributed by atoms with van der Waals surface area (Å²) in [6.45, 7) is 10.1. The van der Waals surface area contributed by atoms with Gasteiger partial charge in [-0.1, -0.05) is 13.8 Å². The van der Waals surface area contributed by atoms with Crippen molar-refractivity contribution in [3.63, 3.8) is 0 Å². The number of nitrogens with zero attached hydrogens (tertiary/aromatic N) is 3. The van der Waals surface area contributed by atoms with Crippen molar-refractivity contribution in [2.75, 3.05) is 24.6 Å². The average molecular weight is 291 g/mol. The molecule has 1 aromatic rings. The molecule has 1 aromatic heterocycles. The molecule has 0 saturated carbocycles. The van der Waals surface area contributed by atoms with Crippen LogP contribution in [0.4, 0.5) is 5.82 Å². The van der Waals surface area contributed by atoms with Crippen molar-refractivity contribution in [1.29, 1.82) is 0 Å². The fourth-order valence-electron chi connectivity index (χ4n) is 2.63. The Bertz CT molecular complexity index is 502. The van der Waals surface area contributed by atoms with Gasteiger partial charge < -0.3 is 9.64 Å². The second-order valence-corrected chi connectivity index (χ2v) is 5.92. The van der Waals surface area contributed by atoms with Crippen molar-refractivity contribution in [2.45, 2.75) is 46.5 Å². The molecule has 2 rings (SSSR count). The predicted molar refractivity (Wildman–Crippen MR) is 82.4 cm³/mol. The number of aromatic nitrogens is 2. The van der Waals surface area contributed by atoms with Crippen molar-refractivity contribution < 1.29 is 9.53 Å². The Hall–Kier alpha value is -1.65. The summed E-state index contributed by atoms with van der Waals surface area (Å²) in [6.07, 6.45) is 1.89. The number of esters is 1. The summed E-state index contributed by atoms with van der Waals surface area (Å²) in [4.78, 5) is 23.3. The van der Waals surface area contributed by atoms with E-state index in [-0.39, 0.29) is 11.9 Å². The number of rotatable bonds is 4.